The Morgan fingerprint density at radius 2 is 2.13 bits per heavy atom. The van der Waals surface area contributed by atoms with E-state index in [0.717, 1.165) is 12.8 Å². The molecule has 0 N–H and O–H groups in total. The second kappa shape index (κ2) is 5.73. The monoisotopic (exact) mass is 316 g/mol. The van der Waals surface area contributed by atoms with Crippen molar-refractivity contribution in [2.24, 2.45) is 5.92 Å². The predicted molar refractivity (Wildman–Crippen MR) is 82.6 cm³/mol. The molecule has 0 radical (unpaired) electrons. The summed E-state index contributed by atoms with van der Waals surface area (Å²) < 4.78 is 11.0. The van der Waals surface area contributed by atoms with E-state index in [4.69, 9.17) is 9.26 Å². The van der Waals surface area contributed by atoms with Crippen LogP contribution in [0.25, 0.3) is 11.4 Å². The minimum Gasteiger partial charge on any atom is -0.368 e. The lowest BCUT2D eigenvalue weighted by atomic mass is 10.0. The molecule has 7 nitrogen and oxygen atoms in total. The lowest BCUT2D eigenvalue weighted by molar-refractivity contribution is -0.0429. The van der Waals surface area contributed by atoms with Crippen LogP contribution >= 0.6 is 0 Å². The summed E-state index contributed by atoms with van der Waals surface area (Å²) >= 11 is 0. The summed E-state index contributed by atoms with van der Waals surface area (Å²) in [6.07, 6.45) is 3.78. The van der Waals surface area contributed by atoms with Gasteiger partial charge in [-0.25, -0.2) is 0 Å². The lowest BCUT2D eigenvalue weighted by Gasteiger charge is -2.23. The number of ether oxygens (including phenoxy) is 1. The van der Waals surface area contributed by atoms with Gasteiger partial charge in [-0.05, 0) is 37.8 Å². The zero-order chi connectivity index (χ0) is 16.6. The number of rotatable bonds is 5. The first-order valence-electron chi connectivity index (χ1n) is 7.53. The summed E-state index contributed by atoms with van der Waals surface area (Å²) in [5, 5.41) is 4.02. The molecule has 7 heteroatoms. The van der Waals surface area contributed by atoms with Crippen molar-refractivity contribution in [1.82, 2.24) is 20.0 Å². The third kappa shape index (κ3) is 2.84. The van der Waals surface area contributed by atoms with E-state index in [1.165, 1.54) is 4.90 Å². The second-order valence-corrected chi connectivity index (χ2v) is 6.14. The summed E-state index contributed by atoms with van der Waals surface area (Å²) in [5.74, 6) is 1.19. The minimum atomic E-state index is -0.542. The van der Waals surface area contributed by atoms with Crippen LogP contribution in [0.4, 0.5) is 0 Å². The molecule has 1 fully saturated rings. The van der Waals surface area contributed by atoms with Crippen molar-refractivity contribution in [1.29, 1.82) is 0 Å². The molecule has 2 heterocycles. The van der Waals surface area contributed by atoms with Crippen molar-refractivity contribution in [3.8, 4) is 11.4 Å². The predicted octanol–water partition coefficient (Wildman–Crippen LogP) is 2.10. The van der Waals surface area contributed by atoms with Crippen LogP contribution in [0.5, 0.6) is 0 Å². The van der Waals surface area contributed by atoms with Gasteiger partial charge in [0.1, 0.15) is 11.3 Å². The van der Waals surface area contributed by atoms with Gasteiger partial charge in [-0.2, -0.15) is 4.98 Å². The number of hydrogen-bond acceptors (Lipinski definition) is 6. The maximum atomic E-state index is 11.8. The van der Waals surface area contributed by atoms with Gasteiger partial charge in [-0.3, -0.25) is 9.78 Å². The van der Waals surface area contributed by atoms with Crippen molar-refractivity contribution < 1.29 is 14.1 Å². The zero-order valence-corrected chi connectivity index (χ0v) is 13.7. The van der Waals surface area contributed by atoms with E-state index in [9.17, 15) is 4.79 Å². The van der Waals surface area contributed by atoms with Gasteiger partial charge in [0.2, 0.25) is 5.82 Å². The van der Waals surface area contributed by atoms with Gasteiger partial charge in [-0.15, -0.1) is 0 Å². The Morgan fingerprint density at radius 3 is 2.65 bits per heavy atom. The van der Waals surface area contributed by atoms with E-state index in [-0.39, 0.29) is 5.91 Å². The highest BCUT2D eigenvalue weighted by Gasteiger charge is 2.47. The van der Waals surface area contributed by atoms with E-state index >= 15 is 0 Å². The first kappa shape index (κ1) is 15.6. The zero-order valence-electron chi connectivity index (χ0n) is 13.7. The fourth-order valence-electron chi connectivity index (χ4n) is 2.49. The van der Waals surface area contributed by atoms with Gasteiger partial charge in [0, 0.05) is 33.0 Å². The molecule has 0 aromatic carbocycles. The molecular formula is C16H20N4O3. The van der Waals surface area contributed by atoms with Crippen molar-refractivity contribution in [2.45, 2.75) is 25.4 Å². The van der Waals surface area contributed by atoms with Crippen LogP contribution in [0.15, 0.2) is 22.9 Å². The quantitative estimate of drug-likeness (QED) is 0.840. The SMILES string of the molecule is COC(C)(c1nc(-c2ccc(C(=O)N(C)C)nc2)no1)C1CC1. The molecule has 2 aromatic heterocycles. The van der Waals surface area contributed by atoms with Crippen LogP contribution in [0, 0.1) is 5.92 Å². The first-order chi connectivity index (χ1) is 11.0. The number of hydrogen-bond donors (Lipinski definition) is 0. The first-order valence-corrected chi connectivity index (χ1v) is 7.53. The normalized spacial score (nSPS) is 16.9. The van der Waals surface area contributed by atoms with Crippen LogP contribution in [-0.4, -0.2) is 47.1 Å². The highest BCUT2D eigenvalue weighted by molar-refractivity contribution is 5.92. The minimum absolute atomic E-state index is 0.147. The molecule has 1 amide bonds. The van der Waals surface area contributed by atoms with Crippen LogP contribution in [0.1, 0.15) is 36.1 Å². The Morgan fingerprint density at radius 1 is 1.39 bits per heavy atom. The fraction of sp³-hybridized carbons (Fsp3) is 0.500. The summed E-state index contributed by atoms with van der Waals surface area (Å²) in [7, 11) is 5.03. The van der Waals surface area contributed by atoms with Crippen molar-refractivity contribution >= 4 is 5.91 Å². The Bertz CT molecular complexity index is 706. The number of methoxy groups -OCH3 is 1. The number of amides is 1. The molecule has 1 aliphatic carbocycles. The molecule has 122 valence electrons. The molecule has 0 spiro atoms. The maximum absolute atomic E-state index is 11.8. The number of pyridine rings is 1. The van der Waals surface area contributed by atoms with E-state index in [1.807, 2.05) is 6.92 Å². The smallest absolute Gasteiger partial charge is 0.271 e. The molecule has 1 aliphatic rings. The maximum Gasteiger partial charge on any atom is 0.271 e. The summed E-state index contributed by atoms with van der Waals surface area (Å²) in [5.41, 5.74) is 0.534. The molecule has 2 aromatic rings. The second-order valence-electron chi connectivity index (χ2n) is 6.14. The molecule has 23 heavy (non-hydrogen) atoms. The third-order valence-corrected chi connectivity index (χ3v) is 4.28. The highest BCUT2D eigenvalue weighted by atomic mass is 16.5. The number of aromatic nitrogens is 3. The summed E-state index contributed by atoms with van der Waals surface area (Å²) in [6.45, 7) is 1.97. The van der Waals surface area contributed by atoms with Gasteiger partial charge >= 0.3 is 0 Å². The van der Waals surface area contributed by atoms with E-state index in [2.05, 4.69) is 15.1 Å². The molecular weight excluding hydrogens is 296 g/mol. The number of nitrogens with zero attached hydrogens (tertiary/aromatic N) is 4. The van der Waals surface area contributed by atoms with Crippen molar-refractivity contribution in [2.75, 3.05) is 21.2 Å². The van der Waals surface area contributed by atoms with E-state index in [1.54, 1.807) is 39.5 Å². The van der Waals surface area contributed by atoms with Gasteiger partial charge in [0.15, 0.2) is 0 Å². The molecule has 1 atom stereocenters. The molecule has 1 saturated carbocycles. The Balaban J connectivity index is 1.84. The number of carbonyl (C=O) groups excluding carboxylic acids is 1. The molecule has 0 bridgehead atoms. The van der Waals surface area contributed by atoms with Crippen LogP contribution < -0.4 is 0 Å². The molecule has 1 unspecified atom stereocenters. The molecule has 0 saturated heterocycles. The van der Waals surface area contributed by atoms with Gasteiger partial charge in [-0.1, -0.05) is 5.16 Å². The molecule has 0 aliphatic heterocycles. The third-order valence-electron chi connectivity index (χ3n) is 4.28. The van der Waals surface area contributed by atoms with Gasteiger partial charge in [0.25, 0.3) is 11.8 Å². The Hall–Kier alpha value is -2.28. The van der Waals surface area contributed by atoms with Gasteiger partial charge < -0.3 is 14.2 Å². The van der Waals surface area contributed by atoms with Crippen LogP contribution in [0.2, 0.25) is 0 Å². The summed E-state index contributed by atoms with van der Waals surface area (Å²) in [4.78, 5) is 22.0. The van der Waals surface area contributed by atoms with E-state index in [0.29, 0.717) is 28.9 Å². The topological polar surface area (TPSA) is 81.4 Å². The van der Waals surface area contributed by atoms with Crippen LogP contribution in [0.3, 0.4) is 0 Å². The van der Waals surface area contributed by atoms with Crippen LogP contribution in [-0.2, 0) is 10.3 Å². The molecule has 3 rings (SSSR count). The number of carbonyl (C=O) groups is 1. The van der Waals surface area contributed by atoms with Gasteiger partial charge in [0.05, 0.1) is 0 Å². The highest BCUT2D eigenvalue weighted by Crippen LogP contribution is 2.47. The van der Waals surface area contributed by atoms with Crippen molar-refractivity contribution in [3.05, 3.63) is 29.9 Å². The average Bonchev–Trinajstić information content (AvgIpc) is 3.31. The Labute approximate surface area is 134 Å². The largest absolute Gasteiger partial charge is 0.368 e. The average molecular weight is 316 g/mol. The fourth-order valence-corrected chi connectivity index (χ4v) is 2.49. The lowest BCUT2D eigenvalue weighted by Crippen LogP contribution is -2.27. The Kier molecular flexibility index (Phi) is 3.89. The van der Waals surface area contributed by atoms with Crippen molar-refractivity contribution in [3.63, 3.8) is 0 Å². The van der Waals surface area contributed by atoms with E-state index < -0.39 is 5.60 Å². The summed E-state index contributed by atoms with van der Waals surface area (Å²) in [6, 6.07) is 3.42. The standard InChI is InChI=1S/C16H20N4O3/c1-16(22-4,11-6-7-11)15-18-13(19-23-15)10-5-8-12(17-9-10)14(21)20(2)3/h5,8-9,11H,6-7H2,1-4H3.